The van der Waals surface area contributed by atoms with Crippen LogP contribution in [-0.2, 0) is 4.74 Å². The van der Waals surface area contributed by atoms with Crippen LogP contribution in [-0.4, -0.2) is 78.3 Å². The number of ether oxygens (including phenoxy) is 1. The maximum absolute atomic E-state index is 12.7. The molecule has 1 aromatic carbocycles. The van der Waals surface area contributed by atoms with E-state index in [0.29, 0.717) is 32.8 Å². The lowest BCUT2D eigenvalue weighted by Crippen LogP contribution is -2.49. The van der Waals surface area contributed by atoms with Crippen LogP contribution in [0.5, 0.6) is 0 Å². The zero-order chi connectivity index (χ0) is 17.9. The summed E-state index contributed by atoms with van der Waals surface area (Å²) in [4.78, 5) is 28.0. The number of benzene rings is 1. The Hall–Kier alpha value is -1.93. The lowest BCUT2D eigenvalue weighted by atomic mass is 10.2. The van der Waals surface area contributed by atoms with Crippen molar-refractivity contribution in [3.05, 3.63) is 28.9 Å². The number of carbonyl (C=O) groups is 1. The molecule has 2 aromatic rings. The van der Waals surface area contributed by atoms with Crippen molar-refractivity contribution >= 4 is 38.8 Å². The molecule has 2 fully saturated rings. The number of hydrogen-bond acceptors (Lipinski definition) is 5. The Morgan fingerprint density at radius 1 is 1.04 bits per heavy atom. The van der Waals surface area contributed by atoms with E-state index in [1.165, 1.54) is 0 Å². The zero-order valence-corrected chi connectivity index (χ0v) is 16.2. The molecule has 2 amide bonds. The van der Waals surface area contributed by atoms with Crippen molar-refractivity contribution in [1.82, 2.24) is 19.8 Å². The number of aromatic nitrogens is 2. The van der Waals surface area contributed by atoms with E-state index < -0.39 is 0 Å². The molecule has 4 rings (SSSR count). The number of urea groups is 1. The lowest BCUT2D eigenvalue weighted by Gasteiger charge is -2.32. The number of carbonyl (C=O) groups excluding carboxylic acids is 1. The summed E-state index contributed by atoms with van der Waals surface area (Å²) < 4.78 is 6.36. The van der Waals surface area contributed by atoms with Gasteiger partial charge in [0.15, 0.2) is 0 Å². The van der Waals surface area contributed by atoms with Gasteiger partial charge in [-0.2, -0.15) is 0 Å². The van der Waals surface area contributed by atoms with Crippen molar-refractivity contribution in [1.29, 1.82) is 0 Å². The third-order valence-corrected chi connectivity index (χ3v) is 5.35. The Morgan fingerprint density at radius 2 is 1.85 bits per heavy atom. The van der Waals surface area contributed by atoms with E-state index in [0.717, 1.165) is 47.4 Å². The van der Waals surface area contributed by atoms with Crippen molar-refractivity contribution in [2.24, 2.45) is 0 Å². The predicted molar refractivity (Wildman–Crippen MR) is 103 cm³/mol. The minimum atomic E-state index is 0.124. The van der Waals surface area contributed by atoms with Gasteiger partial charge in [0.2, 0.25) is 5.95 Å². The number of fused-ring (bicyclic) bond motifs is 1. The number of nitrogens with zero attached hydrogens (tertiary/aromatic N) is 5. The summed E-state index contributed by atoms with van der Waals surface area (Å²) in [5.41, 5.74) is 0.934. The van der Waals surface area contributed by atoms with Gasteiger partial charge in [0, 0.05) is 55.3 Å². The van der Waals surface area contributed by atoms with Crippen molar-refractivity contribution in [2.75, 3.05) is 57.4 Å². The summed E-state index contributed by atoms with van der Waals surface area (Å²) in [6, 6.07) is 6.13. The highest BCUT2D eigenvalue weighted by Crippen LogP contribution is 2.20. The van der Waals surface area contributed by atoms with Crippen LogP contribution in [0.15, 0.2) is 28.9 Å². The second-order valence-electron chi connectivity index (χ2n) is 6.58. The SMILES string of the molecule is O=C(N1CCOCC1)N1CCCN(c2ncc3cc(Br)ccc3n2)CC1. The zero-order valence-electron chi connectivity index (χ0n) is 14.6. The average molecular weight is 420 g/mol. The first kappa shape index (κ1) is 17.5. The second-order valence-corrected chi connectivity index (χ2v) is 7.50. The number of hydrogen-bond donors (Lipinski definition) is 0. The first-order chi connectivity index (χ1) is 12.7. The van der Waals surface area contributed by atoms with Crippen molar-refractivity contribution < 1.29 is 9.53 Å². The molecule has 2 aliphatic heterocycles. The van der Waals surface area contributed by atoms with Crippen LogP contribution in [0.4, 0.5) is 10.7 Å². The van der Waals surface area contributed by atoms with Gasteiger partial charge in [-0.25, -0.2) is 14.8 Å². The standard InChI is InChI=1S/C18H22BrN5O2/c19-15-2-3-16-14(12-15)13-20-17(21-16)22-4-1-5-23(7-6-22)18(25)24-8-10-26-11-9-24/h2-3,12-13H,1,4-11H2. The fraction of sp³-hybridized carbons (Fsp3) is 0.500. The van der Waals surface area contributed by atoms with Gasteiger partial charge in [0.05, 0.1) is 18.7 Å². The summed E-state index contributed by atoms with van der Waals surface area (Å²) in [5.74, 6) is 0.737. The number of amides is 2. The van der Waals surface area contributed by atoms with Crippen LogP contribution in [0.25, 0.3) is 10.9 Å². The number of rotatable bonds is 1. The first-order valence-electron chi connectivity index (χ1n) is 8.99. The fourth-order valence-electron chi connectivity index (χ4n) is 3.41. The van der Waals surface area contributed by atoms with Gasteiger partial charge in [-0.1, -0.05) is 15.9 Å². The molecule has 0 aliphatic carbocycles. The molecule has 1 aromatic heterocycles. The molecular weight excluding hydrogens is 398 g/mol. The van der Waals surface area contributed by atoms with Gasteiger partial charge in [-0.3, -0.25) is 0 Å². The number of morpholine rings is 1. The van der Waals surface area contributed by atoms with Crippen molar-refractivity contribution in [2.45, 2.75) is 6.42 Å². The molecule has 2 aliphatic rings. The highest BCUT2D eigenvalue weighted by molar-refractivity contribution is 9.10. The van der Waals surface area contributed by atoms with Gasteiger partial charge < -0.3 is 19.4 Å². The summed E-state index contributed by atoms with van der Waals surface area (Å²) >= 11 is 3.48. The molecular formula is C18H22BrN5O2. The topological polar surface area (TPSA) is 61.8 Å². The van der Waals surface area contributed by atoms with E-state index in [9.17, 15) is 4.79 Å². The molecule has 0 unspecified atom stereocenters. The van der Waals surface area contributed by atoms with E-state index in [1.54, 1.807) is 0 Å². The van der Waals surface area contributed by atoms with Crippen LogP contribution < -0.4 is 4.90 Å². The highest BCUT2D eigenvalue weighted by Gasteiger charge is 2.25. The molecule has 0 spiro atoms. The number of anilines is 1. The maximum atomic E-state index is 12.7. The molecule has 8 heteroatoms. The minimum Gasteiger partial charge on any atom is -0.378 e. The third-order valence-electron chi connectivity index (χ3n) is 4.86. The molecule has 0 N–H and O–H groups in total. The van der Waals surface area contributed by atoms with Gasteiger partial charge in [-0.05, 0) is 24.6 Å². The Kier molecular flexibility index (Phi) is 5.21. The minimum absolute atomic E-state index is 0.124. The molecule has 0 saturated carbocycles. The quantitative estimate of drug-likeness (QED) is 0.709. The molecule has 3 heterocycles. The van der Waals surface area contributed by atoms with Crippen molar-refractivity contribution in [3.63, 3.8) is 0 Å². The Morgan fingerprint density at radius 3 is 2.69 bits per heavy atom. The van der Waals surface area contributed by atoms with E-state index in [-0.39, 0.29) is 6.03 Å². The van der Waals surface area contributed by atoms with Gasteiger partial charge in [-0.15, -0.1) is 0 Å². The van der Waals surface area contributed by atoms with Crippen molar-refractivity contribution in [3.8, 4) is 0 Å². The van der Waals surface area contributed by atoms with Gasteiger partial charge in [0.25, 0.3) is 0 Å². The van der Waals surface area contributed by atoms with Gasteiger partial charge >= 0.3 is 6.03 Å². The Balaban J connectivity index is 1.44. The summed E-state index contributed by atoms with van der Waals surface area (Å²) in [5, 5.41) is 1.02. The maximum Gasteiger partial charge on any atom is 0.320 e. The molecule has 7 nitrogen and oxygen atoms in total. The van der Waals surface area contributed by atoms with Crippen LogP contribution in [0.2, 0.25) is 0 Å². The normalized spacial score (nSPS) is 18.9. The molecule has 0 bridgehead atoms. The molecule has 2 saturated heterocycles. The highest BCUT2D eigenvalue weighted by atomic mass is 79.9. The average Bonchev–Trinajstić information content (AvgIpc) is 2.94. The second kappa shape index (κ2) is 7.75. The van der Waals surface area contributed by atoms with E-state index in [2.05, 4.69) is 25.8 Å². The number of halogens is 1. The van der Waals surface area contributed by atoms with Crippen LogP contribution in [0.1, 0.15) is 6.42 Å². The Labute approximate surface area is 161 Å². The molecule has 0 atom stereocenters. The smallest absolute Gasteiger partial charge is 0.320 e. The summed E-state index contributed by atoms with van der Waals surface area (Å²) in [6.45, 7) is 5.70. The lowest BCUT2D eigenvalue weighted by molar-refractivity contribution is 0.0438. The van der Waals surface area contributed by atoms with Crippen LogP contribution >= 0.6 is 15.9 Å². The summed E-state index contributed by atoms with van der Waals surface area (Å²) in [6.07, 6.45) is 2.78. The largest absolute Gasteiger partial charge is 0.378 e. The predicted octanol–water partition coefficient (Wildman–Crippen LogP) is 2.36. The molecule has 0 radical (unpaired) electrons. The monoisotopic (exact) mass is 419 g/mol. The van der Waals surface area contributed by atoms with E-state index >= 15 is 0 Å². The Bertz CT molecular complexity index is 796. The molecule has 26 heavy (non-hydrogen) atoms. The van der Waals surface area contributed by atoms with Gasteiger partial charge in [0.1, 0.15) is 0 Å². The van der Waals surface area contributed by atoms with Crippen LogP contribution in [0.3, 0.4) is 0 Å². The van der Waals surface area contributed by atoms with E-state index in [1.807, 2.05) is 34.2 Å². The van der Waals surface area contributed by atoms with E-state index in [4.69, 9.17) is 9.72 Å². The first-order valence-corrected chi connectivity index (χ1v) is 9.79. The van der Waals surface area contributed by atoms with Crippen LogP contribution in [0, 0.1) is 0 Å². The third kappa shape index (κ3) is 3.76. The molecule has 138 valence electrons. The summed E-state index contributed by atoms with van der Waals surface area (Å²) in [7, 11) is 0. The fourth-order valence-corrected chi connectivity index (χ4v) is 3.79.